The maximum absolute atomic E-state index is 4.27. The Morgan fingerprint density at radius 3 is 3.06 bits per heavy atom. The molecule has 2 aromatic rings. The first-order chi connectivity index (χ1) is 7.92. The SMILES string of the molecule is [c]1nc2c(s1)CN(Cc1ccccc1)CC2. The molecule has 0 aliphatic carbocycles. The Hall–Kier alpha value is -1.19. The zero-order chi connectivity index (χ0) is 10.8. The van der Waals surface area contributed by atoms with Crippen molar-refractivity contribution >= 4 is 11.3 Å². The van der Waals surface area contributed by atoms with E-state index < -0.39 is 0 Å². The van der Waals surface area contributed by atoms with E-state index in [4.69, 9.17) is 0 Å². The minimum absolute atomic E-state index is 1.03. The van der Waals surface area contributed by atoms with E-state index in [0.29, 0.717) is 0 Å². The van der Waals surface area contributed by atoms with Gasteiger partial charge < -0.3 is 0 Å². The van der Waals surface area contributed by atoms with Crippen molar-refractivity contribution in [2.75, 3.05) is 6.54 Å². The Morgan fingerprint density at radius 2 is 2.19 bits per heavy atom. The van der Waals surface area contributed by atoms with Gasteiger partial charge in [-0.05, 0) is 5.56 Å². The summed E-state index contributed by atoms with van der Waals surface area (Å²) < 4.78 is 0. The summed E-state index contributed by atoms with van der Waals surface area (Å²) in [5.41, 5.74) is 5.64. The predicted molar refractivity (Wildman–Crippen MR) is 65.2 cm³/mol. The number of thiazole rings is 1. The molecule has 0 amide bonds. The maximum Gasteiger partial charge on any atom is 0.152 e. The lowest BCUT2D eigenvalue weighted by Gasteiger charge is -2.25. The van der Waals surface area contributed by atoms with E-state index in [2.05, 4.69) is 45.7 Å². The van der Waals surface area contributed by atoms with E-state index >= 15 is 0 Å². The monoisotopic (exact) mass is 229 g/mol. The van der Waals surface area contributed by atoms with Crippen molar-refractivity contribution in [3.8, 4) is 0 Å². The molecular weight excluding hydrogens is 216 g/mol. The van der Waals surface area contributed by atoms with Gasteiger partial charge in [0.1, 0.15) is 0 Å². The average Bonchev–Trinajstić information content (AvgIpc) is 2.77. The van der Waals surface area contributed by atoms with Crippen LogP contribution in [0.25, 0.3) is 0 Å². The summed E-state index contributed by atoms with van der Waals surface area (Å²) in [5, 5.41) is 0. The van der Waals surface area contributed by atoms with E-state index in [1.807, 2.05) is 0 Å². The second-order valence-corrected chi connectivity index (χ2v) is 5.00. The van der Waals surface area contributed by atoms with Gasteiger partial charge in [0, 0.05) is 30.9 Å². The zero-order valence-electron chi connectivity index (χ0n) is 9.02. The molecule has 16 heavy (non-hydrogen) atoms. The number of nitrogens with zero attached hydrogens (tertiary/aromatic N) is 2. The molecule has 3 heteroatoms. The number of hydrogen-bond donors (Lipinski definition) is 0. The molecule has 0 saturated heterocycles. The van der Waals surface area contributed by atoms with Crippen molar-refractivity contribution in [3.63, 3.8) is 0 Å². The van der Waals surface area contributed by atoms with Gasteiger partial charge in [-0.2, -0.15) is 0 Å². The summed E-state index contributed by atoms with van der Waals surface area (Å²) in [6, 6.07) is 10.6. The summed E-state index contributed by atoms with van der Waals surface area (Å²) in [7, 11) is 0. The van der Waals surface area contributed by atoms with Crippen LogP contribution in [0.3, 0.4) is 0 Å². The highest BCUT2D eigenvalue weighted by Gasteiger charge is 2.18. The summed E-state index contributed by atoms with van der Waals surface area (Å²) in [5.74, 6) is 0. The van der Waals surface area contributed by atoms with Crippen LogP contribution in [0.2, 0.25) is 0 Å². The summed E-state index contributed by atoms with van der Waals surface area (Å²) in [4.78, 5) is 8.13. The van der Waals surface area contributed by atoms with Crippen LogP contribution in [-0.2, 0) is 19.5 Å². The van der Waals surface area contributed by atoms with Crippen molar-refractivity contribution in [1.82, 2.24) is 9.88 Å². The van der Waals surface area contributed by atoms with Crippen molar-refractivity contribution in [3.05, 3.63) is 52.0 Å². The van der Waals surface area contributed by atoms with Crippen LogP contribution in [0.5, 0.6) is 0 Å². The van der Waals surface area contributed by atoms with E-state index in [1.165, 1.54) is 16.1 Å². The van der Waals surface area contributed by atoms with Gasteiger partial charge in [0.2, 0.25) is 0 Å². The van der Waals surface area contributed by atoms with Gasteiger partial charge in [-0.1, -0.05) is 30.3 Å². The second kappa shape index (κ2) is 4.36. The fourth-order valence-corrected chi connectivity index (χ4v) is 2.87. The maximum atomic E-state index is 4.27. The van der Waals surface area contributed by atoms with Gasteiger partial charge in [0.25, 0.3) is 0 Å². The molecule has 0 saturated carbocycles. The molecule has 0 atom stereocenters. The Kier molecular flexibility index (Phi) is 2.72. The first-order valence-corrected chi connectivity index (χ1v) is 6.34. The largest absolute Gasteiger partial charge is 0.294 e. The molecule has 0 bridgehead atoms. The van der Waals surface area contributed by atoms with Gasteiger partial charge in [0.05, 0.1) is 5.69 Å². The highest BCUT2D eigenvalue weighted by molar-refractivity contribution is 7.09. The lowest BCUT2D eigenvalue weighted by molar-refractivity contribution is 0.247. The molecule has 0 fully saturated rings. The van der Waals surface area contributed by atoms with Crippen LogP contribution >= 0.6 is 11.3 Å². The second-order valence-electron chi connectivity index (χ2n) is 4.12. The molecule has 0 spiro atoms. The summed E-state index contributed by atoms with van der Waals surface area (Å²) >= 11 is 1.66. The first-order valence-electron chi connectivity index (χ1n) is 5.53. The fraction of sp³-hybridized carbons (Fsp3) is 0.308. The lowest BCUT2D eigenvalue weighted by Crippen LogP contribution is -2.29. The van der Waals surface area contributed by atoms with Crippen molar-refractivity contribution < 1.29 is 0 Å². The third-order valence-corrected chi connectivity index (χ3v) is 3.75. The van der Waals surface area contributed by atoms with E-state index in [0.717, 1.165) is 26.1 Å². The van der Waals surface area contributed by atoms with Crippen molar-refractivity contribution in [2.45, 2.75) is 19.5 Å². The van der Waals surface area contributed by atoms with Gasteiger partial charge in [0.15, 0.2) is 5.51 Å². The van der Waals surface area contributed by atoms with Gasteiger partial charge in [-0.15, -0.1) is 11.3 Å². The molecule has 2 nitrogen and oxygen atoms in total. The van der Waals surface area contributed by atoms with Crippen molar-refractivity contribution in [1.29, 1.82) is 0 Å². The third kappa shape index (κ3) is 2.01. The molecule has 0 unspecified atom stereocenters. The number of aromatic nitrogens is 1. The molecule has 1 aromatic heterocycles. The molecule has 1 radical (unpaired) electrons. The average molecular weight is 229 g/mol. The Morgan fingerprint density at radius 1 is 1.31 bits per heavy atom. The van der Waals surface area contributed by atoms with E-state index in [1.54, 1.807) is 11.3 Å². The van der Waals surface area contributed by atoms with E-state index in [-0.39, 0.29) is 0 Å². The number of hydrogen-bond acceptors (Lipinski definition) is 3. The van der Waals surface area contributed by atoms with Gasteiger partial charge >= 0.3 is 0 Å². The molecular formula is C13H13N2S. The Bertz CT molecular complexity index is 464. The number of fused-ring (bicyclic) bond motifs is 1. The zero-order valence-corrected chi connectivity index (χ0v) is 9.83. The van der Waals surface area contributed by atoms with Crippen LogP contribution in [-0.4, -0.2) is 16.4 Å². The molecule has 81 valence electrons. The minimum atomic E-state index is 1.03. The minimum Gasteiger partial charge on any atom is -0.294 e. The molecule has 0 N–H and O–H groups in total. The molecule has 1 aliphatic rings. The van der Waals surface area contributed by atoms with Crippen LogP contribution in [0, 0.1) is 5.51 Å². The normalized spacial score (nSPS) is 16.0. The predicted octanol–water partition coefficient (Wildman–Crippen LogP) is 2.50. The fourth-order valence-electron chi connectivity index (χ4n) is 2.10. The van der Waals surface area contributed by atoms with Crippen LogP contribution in [0.15, 0.2) is 30.3 Å². The third-order valence-electron chi connectivity index (χ3n) is 2.95. The molecule has 3 rings (SSSR count). The van der Waals surface area contributed by atoms with Crippen molar-refractivity contribution in [2.24, 2.45) is 0 Å². The molecule has 1 aliphatic heterocycles. The highest BCUT2D eigenvalue weighted by Crippen LogP contribution is 2.22. The highest BCUT2D eigenvalue weighted by atomic mass is 32.1. The Balaban J connectivity index is 1.71. The van der Waals surface area contributed by atoms with Crippen LogP contribution < -0.4 is 0 Å². The van der Waals surface area contributed by atoms with Gasteiger partial charge in [-0.25, -0.2) is 4.98 Å². The molecule has 1 aromatic carbocycles. The lowest BCUT2D eigenvalue weighted by atomic mass is 10.1. The molecule has 2 heterocycles. The number of rotatable bonds is 2. The Labute approximate surface area is 99.6 Å². The standard InChI is InChI=1S/C13H13N2S/c1-2-4-11(5-3-1)8-15-7-6-12-13(9-15)16-10-14-12/h1-5H,6-9H2. The topological polar surface area (TPSA) is 16.1 Å². The quantitative estimate of drug-likeness (QED) is 0.786. The smallest absolute Gasteiger partial charge is 0.152 e. The van der Waals surface area contributed by atoms with Gasteiger partial charge in [-0.3, -0.25) is 4.90 Å². The number of benzene rings is 1. The first kappa shape index (κ1) is 10.00. The van der Waals surface area contributed by atoms with E-state index in [9.17, 15) is 0 Å². The van der Waals surface area contributed by atoms with Crippen LogP contribution in [0.4, 0.5) is 0 Å². The summed E-state index contributed by atoms with van der Waals surface area (Å²) in [6.07, 6.45) is 1.07. The van der Waals surface area contributed by atoms with Crippen LogP contribution in [0.1, 0.15) is 16.1 Å². The summed E-state index contributed by atoms with van der Waals surface area (Å²) in [6.45, 7) is 3.18.